The Kier molecular flexibility index (Phi) is 3.58. The maximum atomic E-state index is 11.6. The number of piperidine rings is 1. The maximum absolute atomic E-state index is 11.6. The summed E-state index contributed by atoms with van der Waals surface area (Å²) in [7, 11) is -2.94. The standard InChI is InChI=1S/C12H19N3O3S/c16-19(17)7-3-4-9(8-19)12-14-11(15-18-12)10-5-1-2-6-13-10/h9-10,13H,1-8H2. The Bertz CT molecular complexity index is 534. The quantitative estimate of drug-likeness (QED) is 0.878. The molecule has 19 heavy (non-hydrogen) atoms. The second kappa shape index (κ2) is 5.20. The van der Waals surface area contributed by atoms with Crippen LogP contribution in [0.4, 0.5) is 0 Å². The highest BCUT2D eigenvalue weighted by atomic mass is 32.2. The SMILES string of the molecule is O=S1(=O)CCCC(c2nc(C3CCCCN3)no2)C1. The van der Waals surface area contributed by atoms with Gasteiger partial charge >= 0.3 is 0 Å². The zero-order valence-corrected chi connectivity index (χ0v) is 11.7. The van der Waals surface area contributed by atoms with E-state index in [4.69, 9.17) is 4.52 Å². The van der Waals surface area contributed by atoms with Gasteiger partial charge in [0.05, 0.1) is 23.5 Å². The molecule has 2 fully saturated rings. The summed E-state index contributed by atoms with van der Waals surface area (Å²) >= 11 is 0. The number of nitrogens with one attached hydrogen (secondary N) is 1. The Morgan fingerprint density at radius 2 is 2.11 bits per heavy atom. The summed E-state index contributed by atoms with van der Waals surface area (Å²) in [6, 6.07) is 0.159. The van der Waals surface area contributed by atoms with E-state index in [1.165, 1.54) is 12.8 Å². The first-order chi connectivity index (χ1) is 9.14. The third-order valence-electron chi connectivity index (χ3n) is 3.89. The van der Waals surface area contributed by atoms with Crippen LogP contribution in [0.3, 0.4) is 0 Å². The van der Waals surface area contributed by atoms with Crippen LogP contribution in [0, 0.1) is 0 Å². The van der Waals surface area contributed by atoms with E-state index < -0.39 is 9.84 Å². The summed E-state index contributed by atoms with van der Waals surface area (Å²) < 4.78 is 28.6. The highest BCUT2D eigenvalue weighted by Gasteiger charge is 2.31. The molecule has 2 saturated heterocycles. The maximum Gasteiger partial charge on any atom is 0.230 e. The van der Waals surface area contributed by atoms with E-state index in [2.05, 4.69) is 15.5 Å². The van der Waals surface area contributed by atoms with Gasteiger partial charge < -0.3 is 9.84 Å². The lowest BCUT2D eigenvalue weighted by Gasteiger charge is -2.20. The summed E-state index contributed by atoms with van der Waals surface area (Å²) in [5, 5.41) is 7.38. The molecule has 0 spiro atoms. The van der Waals surface area contributed by atoms with Crippen LogP contribution in [0.15, 0.2) is 4.52 Å². The largest absolute Gasteiger partial charge is 0.339 e. The first-order valence-corrected chi connectivity index (χ1v) is 8.73. The third-order valence-corrected chi connectivity index (χ3v) is 5.71. The average molecular weight is 285 g/mol. The molecule has 0 aromatic carbocycles. The molecule has 2 atom stereocenters. The van der Waals surface area contributed by atoms with Crippen molar-refractivity contribution in [2.75, 3.05) is 18.1 Å². The molecular formula is C12H19N3O3S. The summed E-state index contributed by atoms with van der Waals surface area (Å²) in [5.74, 6) is 1.48. The number of hydrogen-bond acceptors (Lipinski definition) is 6. The number of rotatable bonds is 2. The van der Waals surface area contributed by atoms with Crippen LogP contribution < -0.4 is 5.32 Å². The van der Waals surface area contributed by atoms with Gasteiger partial charge in [-0.05, 0) is 32.2 Å². The zero-order chi connectivity index (χ0) is 13.3. The minimum absolute atomic E-state index is 0.122. The van der Waals surface area contributed by atoms with E-state index >= 15 is 0 Å². The minimum atomic E-state index is -2.94. The predicted octanol–water partition coefficient (Wildman–Crippen LogP) is 1.18. The van der Waals surface area contributed by atoms with E-state index in [0.29, 0.717) is 18.1 Å². The summed E-state index contributed by atoms with van der Waals surface area (Å²) in [4.78, 5) is 4.42. The predicted molar refractivity (Wildman–Crippen MR) is 69.5 cm³/mol. The van der Waals surface area contributed by atoms with Crippen molar-refractivity contribution in [2.45, 2.75) is 44.1 Å². The number of aromatic nitrogens is 2. The first kappa shape index (κ1) is 13.1. The van der Waals surface area contributed by atoms with E-state index in [1.54, 1.807) is 0 Å². The van der Waals surface area contributed by atoms with E-state index in [1.807, 2.05) is 0 Å². The van der Waals surface area contributed by atoms with Crippen molar-refractivity contribution in [1.29, 1.82) is 0 Å². The van der Waals surface area contributed by atoms with Gasteiger partial charge in [0.1, 0.15) is 0 Å². The van der Waals surface area contributed by atoms with Crippen molar-refractivity contribution >= 4 is 9.84 Å². The van der Waals surface area contributed by atoms with Crippen molar-refractivity contribution in [1.82, 2.24) is 15.5 Å². The lowest BCUT2D eigenvalue weighted by molar-refractivity contribution is 0.333. The molecule has 0 bridgehead atoms. The van der Waals surface area contributed by atoms with Crippen LogP contribution in [0.1, 0.15) is 55.8 Å². The number of hydrogen-bond donors (Lipinski definition) is 1. The molecule has 0 radical (unpaired) electrons. The van der Waals surface area contributed by atoms with Gasteiger partial charge in [-0.25, -0.2) is 8.42 Å². The summed E-state index contributed by atoms with van der Waals surface area (Å²) in [6.07, 6.45) is 4.87. The summed E-state index contributed by atoms with van der Waals surface area (Å²) in [6.45, 7) is 0.979. The van der Waals surface area contributed by atoms with Crippen LogP contribution in [0.2, 0.25) is 0 Å². The van der Waals surface area contributed by atoms with Gasteiger partial charge in [0.2, 0.25) is 5.89 Å². The van der Waals surface area contributed by atoms with Gasteiger partial charge in [0.15, 0.2) is 15.7 Å². The van der Waals surface area contributed by atoms with Crippen molar-refractivity contribution in [3.63, 3.8) is 0 Å². The molecule has 2 aliphatic rings. The van der Waals surface area contributed by atoms with Crippen molar-refractivity contribution in [3.8, 4) is 0 Å². The fraction of sp³-hybridized carbons (Fsp3) is 0.833. The lowest BCUT2D eigenvalue weighted by Crippen LogP contribution is -2.28. The molecule has 1 aromatic rings. The van der Waals surface area contributed by atoms with E-state index in [-0.39, 0.29) is 23.5 Å². The van der Waals surface area contributed by atoms with Gasteiger partial charge in [0.25, 0.3) is 0 Å². The fourth-order valence-corrected chi connectivity index (χ4v) is 4.54. The molecule has 3 rings (SSSR count). The van der Waals surface area contributed by atoms with Gasteiger partial charge in [-0.3, -0.25) is 0 Å². The Balaban J connectivity index is 1.73. The normalized spacial score (nSPS) is 31.2. The first-order valence-electron chi connectivity index (χ1n) is 6.91. The molecule has 0 amide bonds. The van der Waals surface area contributed by atoms with Crippen molar-refractivity contribution < 1.29 is 12.9 Å². The van der Waals surface area contributed by atoms with Crippen LogP contribution in [-0.2, 0) is 9.84 Å². The van der Waals surface area contributed by atoms with Crippen LogP contribution >= 0.6 is 0 Å². The zero-order valence-electron chi connectivity index (χ0n) is 10.8. The monoisotopic (exact) mass is 285 g/mol. The molecular weight excluding hydrogens is 266 g/mol. The molecule has 106 valence electrons. The molecule has 7 heteroatoms. The topological polar surface area (TPSA) is 85.1 Å². The Morgan fingerprint density at radius 1 is 1.21 bits per heavy atom. The molecule has 2 unspecified atom stereocenters. The van der Waals surface area contributed by atoms with Gasteiger partial charge in [-0.1, -0.05) is 11.6 Å². The smallest absolute Gasteiger partial charge is 0.230 e. The van der Waals surface area contributed by atoms with E-state index in [0.717, 1.165) is 19.4 Å². The molecule has 0 aliphatic carbocycles. The van der Waals surface area contributed by atoms with Crippen LogP contribution in [0.5, 0.6) is 0 Å². The molecule has 3 heterocycles. The van der Waals surface area contributed by atoms with E-state index in [9.17, 15) is 8.42 Å². The highest BCUT2D eigenvalue weighted by Crippen LogP contribution is 2.28. The van der Waals surface area contributed by atoms with Gasteiger partial charge in [-0.2, -0.15) is 4.98 Å². The van der Waals surface area contributed by atoms with Crippen LogP contribution in [-0.4, -0.2) is 36.6 Å². The number of sulfone groups is 1. The highest BCUT2D eigenvalue weighted by molar-refractivity contribution is 7.91. The average Bonchev–Trinajstić information content (AvgIpc) is 2.88. The molecule has 2 aliphatic heterocycles. The molecule has 1 N–H and O–H groups in total. The van der Waals surface area contributed by atoms with Gasteiger partial charge in [0, 0.05) is 0 Å². The second-order valence-electron chi connectivity index (χ2n) is 5.45. The molecule has 0 saturated carbocycles. The van der Waals surface area contributed by atoms with Crippen LogP contribution in [0.25, 0.3) is 0 Å². The van der Waals surface area contributed by atoms with Crippen molar-refractivity contribution in [2.24, 2.45) is 0 Å². The lowest BCUT2D eigenvalue weighted by atomic mass is 10.0. The Morgan fingerprint density at radius 3 is 2.84 bits per heavy atom. The second-order valence-corrected chi connectivity index (χ2v) is 7.68. The van der Waals surface area contributed by atoms with Gasteiger partial charge in [-0.15, -0.1) is 0 Å². The Hall–Kier alpha value is -0.950. The Labute approximate surface area is 112 Å². The van der Waals surface area contributed by atoms with Crippen molar-refractivity contribution in [3.05, 3.63) is 11.7 Å². The molecule has 1 aromatic heterocycles. The third kappa shape index (κ3) is 2.97. The summed E-state index contributed by atoms with van der Waals surface area (Å²) in [5.41, 5.74) is 0. The minimum Gasteiger partial charge on any atom is -0.339 e. The molecule has 6 nitrogen and oxygen atoms in total. The number of nitrogens with zero attached hydrogens (tertiary/aromatic N) is 2. The fourth-order valence-electron chi connectivity index (χ4n) is 2.84.